The Kier molecular flexibility index (Phi) is 7.06. The van der Waals surface area contributed by atoms with Crippen LogP contribution in [-0.2, 0) is 11.3 Å². The van der Waals surface area contributed by atoms with Crippen LogP contribution in [0.25, 0.3) is 0 Å². The van der Waals surface area contributed by atoms with Gasteiger partial charge in [0.2, 0.25) is 5.91 Å². The van der Waals surface area contributed by atoms with Crippen molar-refractivity contribution in [2.75, 3.05) is 26.7 Å². The summed E-state index contributed by atoms with van der Waals surface area (Å²) in [6.07, 6.45) is 0.864. The maximum Gasteiger partial charge on any atom is 0.237 e. The van der Waals surface area contributed by atoms with Gasteiger partial charge in [-0.1, -0.05) is 26.0 Å². The lowest BCUT2D eigenvalue weighted by molar-refractivity contribution is -0.125. The van der Waals surface area contributed by atoms with Gasteiger partial charge in [-0.2, -0.15) is 0 Å². The van der Waals surface area contributed by atoms with E-state index in [-0.39, 0.29) is 11.9 Å². The highest BCUT2D eigenvalue weighted by molar-refractivity contribution is 5.82. The third-order valence-corrected chi connectivity index (χ3v) is 4.39. The first-order valence-electron chi connectivity index (χ1n) is 8.91. The van der Waals surface area contributed by atoms with Crippen molar-refractivity contribution in [1.82, 2.24) is 15.5 Å². The molecular formula is C19H31N3O2. The molecule has 0 aromatic heterocycles. The first-order valence-corrected chi connectivity index (χ1v) is 8.91. The highest BCUT2D eigenvalue weighted by Gasteiger charge is 2.36. The van der Waals surface area contributed by atoms with Gasteiger partial charge in [0.25, 0.3) is 0 Å². The van der Waals surface area contributed by atoms with Gasteiger partial charge in [-0.25, -0.2) is 0 Å². The molecule has 24 heavy (non-hydrogen) atoms. The smallest absolute Gasteiger partial charge is 0.237 e. The molecule has 0 radical (unpaired) electrons. The Hall–Kier alpha value is -1.59. The van der Waals surface area contributed by atoms with E-state index in [9.17, 15) is 4.79 Å². The molecule has 2 atom stereocenters. The molecule has 5 heteroatoms. The van der Waals surface area contributed by atoms with Gasteiger partial charge in [0, 0.05) is 32.2 Å². The van der Waals surface area contributed by atoms with Gasteiger partial charge in [-0.3, -0.25) is 9.69 Å². The predicted octanol–water partition coefficient (Wildman–Crippen LogP) is 2.02. The zero-order valence-electron chi connectivity index (χ0n) is 15.3. The molecule has 1 aromatic rings. The van der Waals surface area contributed by atoms with Crippen LogP contribution >= 0.6 is 0 Å². The summed E-state index contributed by atoms with van der Waals surface area (Å²) in [5.41, 5.74) is 1.20. The number of benzene rings is 1. The fourth-order valence-electron chi connectivity index (χ4n) is 3.33. The standard InChI is InChI=1S/C19H31N3O2/c1-5-20-19(23)18-10-16(13-22(18)12-14(2)3)21-11-15-7-6-8-17(9-15)24-4/h6-9,14,16,18,21H,5,10-13H2,1-4H3,(H,20,23)/t16-,18-/m0/s1. The van der Waals surface area contributed by atoms with Crippen LogP contribution in [0, 0.1) is 5.92 Å². The van der Waals surface area contributed by atoms with Crippen LogP contribution in [-0.4, -0.2) is 49.6 Å². The van der Waals surface area contributed by atoms with Gasteiger partial charge >= 0.3 is 0 Å². The third-order valence-electron chi connectivity index (χ3n) is 4.39. The number of rotatable bonds is 8. The van der Waals surface area contributed by atoms with E-state index >= 15 is 0 Å². The van der Waals surface area contributed by atoms with Crippen LogP contribution in [0.15, 0.2) is 24.3 Å². The summed E-state index contributed by atoms with van der Waals surface area (Å²) < 4.78 is 5.27. The summed E-state index contributed by atoms with van der Waals surface area (Å²) >= 11 is 0. The van der Waals surface area contributed by atoms with Gasteiger partial charge in [0.15, 0.2) is 0 Å². The van der Waals surface area contributed by atoms with Crippen molar-refractivity contribution in [3.8, 4) is 5.75 Å². The quantitative estimate of drug-likeness (QED) is 0.764. The third kappa shape index (κ3) is 5.21. The first-order chi connectivity index (χ1) is 11.5. The van der Waals surface area contributed by atoms with Crippen molar-refractivity contribution in [3.63, 3.8) is 0 Å². The molecule has 1 saturated heterocycles. The fourth-order valence-corrected chi connectivity index (χ4v) is 3.33. The number of amides is 1. The molecule has 1 aromatic carbocycles. The van der Waals surface area contributed by atoms with Crippen molar-refractivity contribution in [2.24, 2.45) is 5.92 Å². The summed E-state index contributed by atoms with van der Waals surface area (Å²) in [5.74, 6) is 1.59. The minimum Gasteiger partial charge on any atom is -0.497 e. The van der Waals surface area contributed by atoms with Crippen LogP contribution in [0.5, 0.6) is 5.75 Å². The SMILES string of the molecule is CCNC(=O)[C@@H]1C[C@H](NCc2cccc(OC)c2)CN1CC(C)C. The Morgan fingerprint density at radius 1 is 1.42 bits per heavy atom. The normalized spacial score (nSPS) is 21.2. The molecule has 1 aliphatic rings. The Morgan fingerprint density at radius 3 is 2.88 bits per heavy atom. The van der Waals surface area contributed by atoms with E-state index in [0.29, 0.717) is 18.5 Å². The van der Waals surface area contributed by atoms with Crippen LogP contribution in [0.2, 0.25) is 0 Å². The minimum atomic E-state index is -0.0184. The lowest BCUT2D eigenvalue weighted by Gasteiger charge is -2.24. The molecule has 1 aliphatic heterocycles. The lowest BCUT2D eigenvalue weighted by Crippen LogP contribution is -2.44. The number of methoxy groups -OCH3 is 1. The van der Waals surface area contributed by atoms with Gasteiger partial charge in [-0.15, -0.1) is 0 Å². The number of hydrogen-bond acceptors (Lipinski definition) is 4. The van der Waals surface area contributed by atoms with E-state index in [1.807, 2.05) is 19.1 Å². The van der Waals surface area contributed by atoms with Gasteiger partial charge in [0.05, 0.1) is 13.2 Å². The van der Waals surface area contributed by atoms with Crippen molar-refractivity contribution in [3.05, 3.63) is 29.8 Å². The molecule has 134 valence electrons. The molecule has 2 rings (SSSR count). The molecule has 1 fully saturated rings. The Bertz CT molecular complexity index is 533. The highest BCUT2D eigenvalue weighted by atomic mass is 16.5. The Labute approximate surface area is 145 Å². The molecular weight excluding hydrogens is 302 g/mol. The molecule has 1 amide bonds. The number of likely N-dealkylation sites (tertiary alicyclic amines) is 1. The van der Waals surface area contributed by atoms with Crippen LogP contribution < -0.4 is 15.4 Å². The predicted molar refractivity (Wildman–Crippen MR) is 97.1 cm³/mol. The summed E-state index contributed by atoms with van der Waals surface area (Å²) in [7, 11) is 1.68. The van der Waals surface area contributed by atoms with Crippen molar-refractivity contribution in [2.45, 2.75) is 45.8 Å². The average Bonchev–Trinajstić information content (AvgIpc) is 2.95. The van der Waals surface area contributed by atoms with Crippen LogP contribution in [0.1, 0.15) is 32.8 Å². The van der Waals surface area contributed by atoms with Crippen molar-refractivity contribution < 1.29 is 9.53 Å². The maximum atomic E-state index is 12.3. The van der Waals surface area contributed by atoms with Gasteiger partial charge in [-0.05, 0) is 37.0 Å². The lowest BCUT2D eigenvalue weighted by atomic mass is 10.1. The van der Waals surface area contributed by atoms with Crippen molar-refractivity contribution >= 4 is 5.91 Å². The summed E-state index contributed by atoms with van der Waals surface area (Å²) in [6.45, 7) is 9.73. The second-order valence-electron chi connectivity index (χ2n) is 6.92. The minimum absolute atomic E-state index is 0.0184. The zero-order valence-corrected chi connectivity index (χ0v) is 15.3. The second-order valence-corrected chi connectivity index (χ2v) is 6.92. The van der Waals surface area contributed by atoms with E-state index in [1.165, 1.54) is 5.56 Å². The summed E-state index contributed by atoms with van der Waals surface area (Å²) in [5, 5.41) is 6.58. The maximum absolute atomic E-state index is 12.3. The van der Waals surface area contributed by atoms with E-state index in [2.05, 4.69) is 41.5 Å². The Morgan fingerprint density at radius 2 is 2.21 bits per heavy atom. The number of ether oxygens (including phenoxy) is 1. The summed E-state index contributed by atoms with van der Waals surface area (Å²) in [4.78, 5) is 14.7. The van der Waals surface area contributed by atoms with E-state index in [4.69, 9.17) is 4.74 Å². The summed E-state index contributed by atoms with van der Waals surface area (Å²) in [6, 6.07) is 8.42. The number of hydrogen-bond donors (Lipinski definition) is 2. The van der Waals surface area contributed by atoms with Crippen LogP contribution in [0.3, 0.4) is 0 Å². The van der Waals surface area contributed by atoms with Gasteiger partial charge in [0.1, 0.15) is 5.75 Å². The topological polar surface area (TPSA) is 53.6 Å². The first kappa shape index (κ1) is 18.7. The molecule has 2 N–H and O–H groups in total. The molecule has 0 unspecified atom stereocenters. The molecule has 1 heterocycles. The molecule has 0 spiro atoms. The van der Waals surface area contributed by atoms with E-state index < -0.39 is 0 Å². The molecule has 0 saturated carbocycles. The fraction of sp³-hybridized carbons (Fsp3) is 0.632. The van der Waals surface area contributed by atoms with E-state index in [1.54, 1.807) is 7.11 Å². The van der Waals surface area contributed by atoms with Gasteiger partial charge < -0.3 is 15.4 Å². The highest BCUT2D eigenvalue weighted by Crippen LogP contribution is 2.20. The molecule has 5 nitrogen and oxygen atoms in total. The number of nitrogens with one attached hydrogen (secondary N) is 2. The van der Waals surface area contributed by atoms with Crippen LogP contribution in [0.4, 0.5) is 0 Å². The number of carbonyl (C=O) groups excluding carboxylic acids is 1. The average molecular weight is 333 g/mol. The molecule has 0 bridgehead atoms. The second kappa shape index (κ2) is 9.04. The number of nitrogens with zero attached hydrogens (tertiary/aromatic N) is 1. The van der Waals surface area contributed by atoms with E-state index in [0.717, 1.165) is 31.8 Å². The largest absolute Gasteiger partial charge is 0.497 e. The molecule has 0 aliphatic carbocycles. The zero-order chi connectivity index (χ0) is 17.5. The van der Waals surface area contributed by atoms with Crippen molar-refractivity contribution in [1.29, 1.82) is 0 Å². The number of likely N-dealkylation sites (N-methyl/N-ethyl adjacent to an activating group) is 1. The number of carbonyl (C=O) groups is 1. The Balaban J connectivity index is 1.94. The monoisotopic (exact) mass is 333 g/mol.